The zero-order valence-corrected chi connectivity index (χ0v) is 7.30. The monoisotopic (exact) mass is 198 g/mol. The highest BCUT2D eigenvalue weighted by Crippen LogP contribution is 2.16. The zero-order valence-electron chi connectivity index (χ0n) is 7.30. The summed E-state index contributed by atoms with van der Waals surface area (Å²) in [6, 6.07) is 0. The molecule has 7 heteroatoms. The van der Waals surface area contributed by atoms with Gasteiger partial charge in [0, 0.05) is 6.54 Å². The molecule has 0 saturated carbocycles. The van der Waals surface area contributed by atoms with E-state index in [0.717, 1.165) is 4.90 Å². The highest BCUT2D eigenvalue weighted by atomic mass is 19.4. The molecule has 0 aromatic heterocycles. The molecule has 0 saturated heterocycles. The first-order valence-electron chi connectivity index (χ1n) is 3.75. The number of nitrogens with two attached hydrogens (primary N) is 2. The highest BCUT2D eigenvalue weighted by Gasteiger charge is 2.31. The van der Waals surface area contributed by atoms with Crippen LogP contribution < -0.4 is 11.6 Å². The first kappa shape index (κ1) is 11.9. The fraction of sp³-hybridized carbons (Fsp3) is 0.833. The summed E-state index contributed by atoms with van der Waals surface area (Å²) in [5.41, 5.74) is 5.16. The third-order valence-electron chi connectivity index (χ3n) is 1.32. The third kappa shape index (κ3) is 5.15. The standard InChI is InChI=1S/C6H13F3N4/c1-2-3-13(5(10)12-11)4-6(7,8)9/h2-4,11H2,1H3,(H2,10,12). The van der Waals surface area contributed by atoms with Gasteiger partial charge >= 0.3 is 6.18 Å². The molecule has 0 aromatic rings. The van der Waals surface area contributed by atoms with E-state index in [4.69, 9.17) is 11.6 Å². The molecule has 0 aliphatic heterocycles. The van der Waals surface area contributed by atoms with Gasteiger partial charge in [-0.25, -0.2) is 0 Å². The number of halogens is 3. The van der Waals surface area contributed by atoms with Crippen molar-refractivity contribution in [1.29, 1.82) is 0 Å². The van der Waals surface area contributed by atoms with Crippen molar-refractivity contribution in [3.63, 3.8) is 0 Å². The summed E-state index contributed by atoms with van der Waals surface area (Å²) >= 11 is 0. The Morgan fingerprint density at radius 1 is 1.46 bits per heavy atom. The minimum Gasteiger partial charge on any atom is -0.368 e. The minimum atomic E-state index is -4.29. The first-order valence-corrected chi connectivity index (χ1v) is 3.75. The van der Waals surface area contributed by atoms with Gasteiger partial charge in [0.2, 0.25) is 5.96 Å². The summed E-state index contributed by atoms with van der Waals surface area (Å²) < 4.78 is 35.8. The van der Waals surface area contributed by atoms with Crippen LogP contribution in [0.1, 0.15) is 13.3 Å². The molecule has 0 atom stereocenters. The molecular weight excluding hydrogens is 185 g/mol. The summed E-state index contributed by atoms with van der Waals surface area (Å²) in [5, 5.41) is 3.01. The molecule has 0 unspecified atom stereocenters. The van der Waals surface area contributed by atoms with Crippen LogP contribution in [0.5, 0.6) is 0 Å². The van der Waals surface area contributed by atoms with Crippen molar-refractivity contribution in [3.05, 3.63) is 0 Å². The van der Waals surface area contributed by atoms with Gasteiger partial charge in [0.05, 0.1) is 0 Å². The van der Waals surface area contributed by atoms with Crippen molar-refractivity contribution >= 4 is 5.96 Å². The highest BCUT2D eigenvalue weighted by molar-refractivity contribution is 5.77. The van der Waals surface area contributed by atoms with Gasteiger partial charge in [0.25, 0.3) is 0 Å². The van der Waals surface area contributed by atoms with Crippen LogP contribution in [0.3, 0.4) is 0 Å². The second-order valence-corrected chi connectivity index (χ2v) is 2.52. The summed E-state index contributed by atoms with van der Waals surface area (Å²) in [6.45, 7) is 0.812. The zero-order chi connectivity index (χ0) is 10.5. The number of hydrazone groups is 1. The van der Waals surface area contributed by atoms with Crippen molar-refractivity contribution in [2.75, 3.05) is 13.1 Å². The average molecular weight is 198 g/mol. The predicted octanol–water partition coefficient (Wildman–Crippen LogP) is 0.449. The quantitative estimate of drug-likeness (QED) is 0.299. The molecule has 0 aromatic carbocycles. The maximum absolute atomic E-state index is 11.9. The normalized spacial score (nSPS) is 13.1. The Bertz CT molecular complexity index is 177. The number of hydrogen-bond donors (Lipinski definition) is 2. The van der Waals surface area contributed by atoms with Crippen LogP contribution >= 0.6 is 0 Å². The Balaban J connectivity index is 4.26. The van der Waals surface area contributed by atoms with E-state index < -0.39 is 12.7 Å². The largest absolute Gasteiger partial charge is 0.406 e. The maximum atomic E-state index is 11.9. The molecule has 0 heterocycles. The van der Waals surface area contributed by atoms with Gasteiger partial charge < -0.3 is 16.5 Å². The Morgan fingerprint density at radius 2 is 2.00 bits per heavy atom. The van der Waals surface area contributed by atoms with Crippen LogP contribution in [0, 0.1) is 0 Å². The van der Waals surface area contributed by atoms with Gasteiger partial charge in [-0.15, -0.1) is 5.10 Å². The molecule has 13 heavy (non-hydrogen) atoms. The van der Waals surface area contributed by atoms with E-state index in [9.17, 15) is 13.2 Å². The Labute approximate surface area is 74.4 Å². The topological polar surface area (TPSA) is 67.6 Å². The van der Waals surface area contributed by atoms with Gasteiger partial charge in [-0.3, -0.25) is 0 Å². The lowest BCUT2D eigenvalue weighted by Crippen LogP contribution is -2.44. The smallest absolute Gasteiger partial charge is 0.368 e. The maximum Gasteiger partial charge on any atom is 0.406 e. The summed E-state index contributed by atoms with van der Waals surface area (Å²) in [4.78, 5) is 0.889. The lowest BCUT2D eigenvalue weighted by Gasteiger charge is -2.23. The predicted molar refractivity (Wildman–Crippen MR) is 43.7 cm³/mol. The SMILES string of the molecule is CCCN(CC(F)(F)F)C(N)=NN. The van der Waals surface area contributed by atoms with E-state index in [0.29, 0.717) is 6.42 Å². The van der Waals surface area contributed by atoms with Crippen LogP contribution in [0.2, 0.25) is 0 Å². The number of alkyl halides is 3. The average Bonchev–Trinajstić information content (AvgIpc) is 2.00. The van der Waals surface area contributed by atoms with Crippen molar-refractivity contribution in [3.8, 4) is 0 Å². The molecule has 0 aliphatic carbocycles. The lowest BCUT2D eigenvalue weighted by molar-refractivity contribution is -0.138. The molecule has 0 bridgehead atoms. The number of nitrogens with zero attached hydrogens (tertiary/aromatic N) is 2. The van der Waals surface area contributed by atoms with Gasteiger partial charge in [-0.2, -0.15) is 13.2 Å². The van der Waals surface area contributed by atoms with Crippen molar-refractivity contribution in [2.24, 2.45) is 16.7 Å². The molecule has 0 fully saturated rings. The molecule has 4 nitrogen and oxygen atoms in total. The van der Waals surface area contributed by atoms with Crippen molar-refractivity contribution in [2.45, 2.75) is 19.5 Å². The van der Waals surface area contributed by atoms with Gasteiger partial charge in [-0.05, 0) is 6.42 Å². The Kier molecular flexibility index (Phi) is 4.36. The summed E-state index contributed by atoms with van der Waals surface area (Å²) in [7, 11) is 0. The molecule has 4 N–H and O–H groups in total. The van der Waals surface area contributed by atoms with Crippen molar-refractivity contribution in [1.82, 2.24) is 4.90 Å². The molecule has 0 spiro atoms. The van der Waals surface area contributed by atoms with Gasteiger partial charge in [0.1, 0.15) is 6.54 Å². The van der Waals surface area contributed by atoms with Crippen LogP contribution in [0.4, 0.5) is 13.2 Å². The number of guanidine groups is 1. The van der Waals surface area contributed by atoms with Crippen LogP contribution in [0.25, 0.3) is 0 Å². The molecule has 0 amide bonds. The third-order valence-corrected chi connectivity index (χ3v) is 1.32. The van der Waals surface area contributed by atoms with E-state index in [1.165, 1.54) is 0 Å². The summed E-state index contributed by atoms with van der Waals surface area (Å²) in [6.07, 6.45) is -3.74. The minimum absolute atomic E-state index is 0.187. The van der Waals surface area contributed by atoms with E-state index in [1.54, 1.807) is 6.92 Å². The van der Waals surface area contributed by atoms with Gasteiger partial charge in [-0.1, -0.05) is 6.92 Å². The van der Waals surface area contributed by atoms with E-state index in [-0.39, 0.29) is 12.5 Å². The fourth-order valence-electron chi connectivity index (χ4n) is 0.843. The van der Waals surface area contributed by atoms with E-state index in [1.807, 2.05) is 0 Å². The summed E-state index contributed by atoms with van der Waals surface area (Å²) in [5.74, 6) is 4.48. The lowest BCUT2D eigenvalue weighted by atomic mass is 10.4. The second kappa shape index (κ2) is 4.78. The van der Waals surface area contributed by atoms with E-state index in [2.05, 4.69) is 5.10 Å². The van der Waals surface area contributed by atoms with Crippen LogP contribution in [-0.4, -0.2) is 30.1 Å². The first-order chi connectivity index (χ1) is 5.90. The fourth-order valence-corrected chi connectivity index (χ4v) is 0.843. The van der Waals surface area contributed by atoms with Crippen LogP contribution in [0.15, 0.2) is 5.10 Å². The Morgan fingerprint density at radius 3 is 2.31 bits per heavy atom. The number of hydrogen-bond acceptors (Lipinski definition) is 2. The molecule has 0 radical (unpaired) electrons. The second-order valence-electron chi connectivity index (χ2n) is 2.52. The van der Waals surface area contributed by atoms with E-state index >= 15 is 0 Å². The molecule has 78 valence electrons. The number of rotatable bonds is 3. The van der Waals surface area contributed by atoms with Crippen LogP contribution in [-0.2, 0) is 0 Å². The van der Waals surface area contributed by atoms with Gasteiger partial charge in [0.15, 0.2) is 0 Å². The van der Waals surface area contributed by atoms with Crippen molar-refractivity contribution < 1.29 is 13.2 Å². The molecular formula is C6H13F3N4. The molecule has 0 aliphatic rings. The molecule has 0 rings (SSSR count). The Hall–Kier alpha value is -1.14.